The number of hydrogen-bond donors (Lipinski definition) is 0. The van der Waals surface area contributed by atoms with Crippen molar-refractivity contribution in [1.29, 1.82) is 0 Å². The molecule has 0 saturated carbocycles. The van der Waals surface area contributed by atoms with Crippen LogP contribution in [0.3, 0.4) is 0 Å². The molecule has 0 aromatic heterocycles. The van der Waals surface area contributed by atoms with Gasteiger partial charge in [0.05, 0.1) is 0 Å². The Morgan fingerprint density at radius 3 is 2.44 bits per heavy atom. The van der Waals surface area contributed by atoms with E-state index in [1.54, 1.807) is 6.07 Å². The first-order chi connectivity index (χ1) is 8.58. The van der Waals surface area contributed by atoms with E-state index in [1.165, 1.54) is 24.8 Å². The number of piperidine rings is 1. The van der Waals surface area contributed by atoms with Crippen LogP contribution in [0.2, 0.25) is 0 Å². The maximum atomic E-state index is 14.0. The summed E-state index contributed by atoms with van der Waals surface area (Å²) in [5, 5.41) is 0. The first-order valence-electron chi connectivity index (χ1n) is 7.09. The Balaban J connectivity index is 2.15. The van der Waals surface area contributed by atoms with E-state index in [0.717, 1.165) is 30.8 Å². The topological polar surface area (TPSA) is 3.24 Å². The molecule has 1 heterocycles. The average Bonchev–Trinajstić information content (AvgIpc) is 2.34. The first-order valence-corrected chi connectivity index (χ1v) is 7.09. The Labute approximate surface area is 110 Å². The summed E-state index contributed by atoms with van der Waals surface area (Å²) in [6.07, 6.45) is 3.91. The van der Waals surface area contributed by atoms with Crippen molar-refractivity contribution in [3.63, 3.8) is 0 Å². The van der Waals surface area contributed by atoms with E-state index in [4.69, 9.17) is 0 Å². The molecule has 1 aliphatic rings. The fourth-order valence-corrected chi connectivity index (χ4v) is 2.72. The number of aryl methyl sites for hydroxylation is 1. The summed E-state index contributed by atoms with van der Waals surface area (Å²) < 4.78 is 14.0. The zero-order valence-corrected chi connectivity index (χ0v) is 11.8. The molecule has 1 saturated heterocycles. The van der Waals surface area contributed by atoms with Gasteiger partial charge in [-0.1, -0.05) is 26.3 Å². The maximum absolute atomic E-state index is 14.0. The summed E-state index contributed by atoms with van der Waals surface area (Å²) in [6.45, 7) is 9.41. The molecule has 0 bridgehead atoms. The van der Waals surface area contributed by atoms with Crippen molar-refractivity contribution in [1.82, 2.24) is 4.90 Å². The lowest BCUT2D eigenvalue weighted by molar-refractivity contribution is 0.220. The largest absolute Gasteiger partial charge is 0.299 e. The van der Waals surface area contributed by atoms with E-state index in [1.807, 2.05) is 19.9 Å². The highest BCUT2D eigenvalue weighted by Crippen LogP contribution is 2.24. The number of halogens is 1. The van der Waals surface area contributed by atoms with E-state index in [9.17, 15) is 4.39 Å². The number of benzene rings is 1. The number of likely N-dealkylation sites (tertiary alicyclic amines) is 1. The van der Waals surface area contributed by atoms with Crippen molar-refractivity contribution >= 4 is 0 Å². The van der Waals surface area contributed by atoms with Gasteiger partial charge < -0.3 is 0 Å². The van der Waals surface area contributed by atoms with Crippen molar-refractivity contribution in [2.75, 3.05) is 13.1 Å². The Morgan fingerprint density at radius 1 is 1.17 bits per heavy atom. The van der Waals surface area contributed by atoms with Gasteiger partial charge in [-0.3, -0.25) is 4.90 Å². The van der Waals surface area contributed by atoms with Gasteiger partial charge in [0.25, 0.3) is 0 Å². The molecule has 100 valence electrons. The smallest absolute Gasteiger partial charge is 0.126 e. The lowest BCUT2D eigenvalue weighted by atomic mass is 9.96. The quantitative estimate of drug-likeness (QED) is 0.774. The van der Waals surface area contributed by atoms with Crippen molar-refractivity contribution in [2.24, 2.45) is 0 Å². The van der Waals surface area contributed by atoms with E-state index in [-0.39, 0.29) is 11.7 Å². The van der Waals surface area contributed by atoms with Crippen LogP contribution in [0.4, 0.5) is 4.39 Å². The second-order valence-electron chi connectivity index (χ2n) is 5.79. The lowest BCUT2D eigenvalue weighted by Gasteiger charge is -2.27. The first kappa shape index (κ1) is 13.5. The Bertz CT molecular complexity index is 406. The Kier molecular flexibility index (Phi) is 4.39. The molecule has 0 atom stereocenters. The molecule has 0 N–H and O–H groups in total. The average molecular weight is 249 g/mol. The van der Waals surface area contributed by atoms with E-state index in [2.05, 4.69) is 11.8 Å². The molecule has 0 amide bonds. The zero-order valence-electron chi connectivity index (χ0n) is 11.8. The molecule has 18 heavy (non-hydrogen) atoms. The van der Waals surface area contributed by atoms with Gasteiger partial charge in [-0.2, -0.15) is 0 Å². The van der Waals surface area contributed by atoms with Gasteiger partial charge in [0.1, 0.15) is 5.82 Å². The molecular formula is C16H24FN. The summed E-state index contributed by atoms with van der Waals surface area (Å²) >= 11 is 0. The fourth-order valence-electron chi connectivity index (χ4n) is 2.72. The van der Waals surface area contributed by atoms with Crippen LogP contribution in [0.25, 0.3) is 0 Å². The summed E-state index contributed by atoms with van der Waals surface area (Å²) in [5.41, 5.74) is 3.22. The van der Waals surface area contributed by atoms with Gasteiger partial charge in [0, 0.05) is 6.54 Å². The molecular weight excluding hydrogens is 225 g/mol. The van der Waals surface area contributed by atoms with Gasteiger partial charge in [0.15, 0.2) is 0 Å². The molecule has 0 spiro atoms. The van der Waals surface area contributed by atoms with Crippen LogP contribution in [-0.2, 0) is 6.54 Å². The minimum absolute atomic E-state index is 0.0393. The normalized spacial score (nSPS) is 17.4. The van der Waals surface area contributed by atoms with Gasteiger partial charge in [-0.05, 0) is 61.5 Å². The van der Waals surface area contributed by atoms with Crippen LogP contribution in [0.1, 0.15) is 55.7 Å². The number of hydrogen-bond acceptors (Lipinski definition) is 1. The lowest BCUT2D eigenvalue weighted by Crippen LogP contribution is -2.29. The molecule has 1 nitrogen and oxygen atoms in total. The van der Waals surface area contributed by atoms with Crippen molar-refractivity contribution in [3.8, 4) is 0 Å². The highest BCUT2D eigenvalue weighted by atomic mass is 19.1. The van der Waals surface area contributed by atoms with Crippen LogP contribution < -0.4 is 0 Å². The van der Waals surface area contributed by atoms with Crippen molar-refractivity contribution in [3.05, 3.63) is 34.6 Å². The van der Waals surface area contributed by atoms with Crippen LogP contribution in [0.5, 0.6) is 0 Å². The van der Waals surface area contributed by atoms with Crippen LogP contribution in [-0.4, -0.2) is 18.0 Å². The van der Waals surface area contributed by atoms with Crippen molar-refractivity contribution in [2.45, 2.75) is 52.5 Å². The Morgan fingerprint density at radius 2 is 1.83 bits per heavy atom. The highest BCUT2D eigenvalue weighted by molar-refractivity contribution is 5.34. The SMILES string of the molecule is Cc1cc(C(C)C)c(F)cc1CN1CCCCC1. The van der Waals surface area contributed by atoms with Gasteiger partial charge in [0.2, 0.25) is 0 Å². The molecule has 0 unspecified atom stereocenters. The predicted molar refractivity (Wildman–Crippen MR) is 74.4 cm³/mol. The van der Waals surface area contributed by atoms with Crippen LogP contribution >= 0.6 is 0 Å². The molecule has 2 rings (SSSR count). The summed E-state index contributed by atoms with van der Waals surface area (Å²) in [7, 11) is 0. The maximum Gasteiger partial charge on any atom is 0.126 e. The Hall–Kier alpha value is -0.890. The highest BCUT2D eigenvalue weighted by Gasteiger charge is 2.14. The molecule has 2 heteroatoms. The van der Waals surface area contributed by atoms with Crippen molar-refractivity contribution < 1.29 is 4.39 Å². The van der Waals surface area contributed by atoms with E-state index in [0.29, 0.717) is 0 Å². The summed E-state index contributed by atoms with van der Waals surface area (Å²) in [6, 6.07) is 3.78. The third-order valence-electron chi connectivity index (χ3n) is 3.92. The van der Waals surface area contributed by atoms with Crippen LogP contribution in [0.15, 0.2) is 12.1 Å². The molecule has 0 aliphatic carbocycles. The number of rotatable bonds is 3. The zero-order chi connectivity index (χ0) is 13.1. The minimum atomic E-state index is -0.0393. The predicted octanol–water partition coefficient (Wildman–Crippen LogP) is 4.24. The third-order valence-corrected chi connectivity index (χ3v) is 3.92. The number of nitrogens with zero attached hydrogens (tertiary/aromatic N) is 1. The standard InChI is InChI=1S/C16H24FN/c1-12(2)15-9-13(3)14(10-16(15)17)11-18-7-5-4-6-8-18/h9-10,12H,4-8,11H2,1-3H3. The third kappa shape index (κ3) is 3.11. The second-order valence-corrected chi connectivity index (χ2v) is 5.79. The molecule has 1 aliphatic heterocycles. The molecule has 1 aromatic rings. The molecule has 0 radical (unpaired) electrons. The fraction of sp³-hybridized carbons (Fsp3) is 0.625. The summed E-state index contributed by atoms with van der Waals surface area (Å²) in [5.74, 6) is 0.218. The van der Waals surface area contributed by atoms with Gasteiger partial charge in [-0.15, -0.1) is 0 Å². The molecule has 1 fully saturated rings. The molecule has 1 aromatic carbocycles. The second kappa shape index (κ2) is 5.83. The van der Waals surface area contributed by atoms with Crippen LogP contribution in [0, 0.1) is 12.7 Å². The van der Waals surface area contributed by atoms with E-state index >= 15 is 0 Å². The van der Waals surface area contributed by atoms with Gasteiger partial charge in [-0.25, -0.2) is 4.39 Å². The monoisotopic (exact) mass is 249 g/mol. The van der Waals surface area contributed by atoms with Gasteiger partial charge >= 0.3 is 0 Å². The van der Waals surface area contributed by atoms with E-state index < -0.39 is 0 Å². The summed E-state index contributed by atoms with van der Waals surface area (Å²) in [4.78, 5) is 2.44. The minimum Gasteiger partial charge on any atom is -0.299 e.